The number of nitrogens with zero attached hydrogens (tertiary/aromatic N) is 1. The number of hydrogen-bond donors (Lipinski definition) is 0. The van der Waals surface area contributed by atoms with Crippen LogP contribution in [-0.4, -0.2) is 24.7 Å². The summed E-state index contributed by atoms with van der Waals surface area (Å²) in [6.07, 6.45) is 2.06. The maximum absolute atomic E-state index is 11.4. The lowest BCUT2D eigenvalue weighted by molar-refractivity contribution is -0.142. The number of thiazole rings is 1. The Kier molecular flexibility index (Phi) is 6.07. The zero-order valence-corrected chi connectivity index (χ0v) is 13.6. The van der Waals surface area contributed by atoms with Gasteiger partial charge in [-0.3, -0.25) is 4.79 Å². The van der Waals surface area contributed by atoms with Gasteiger partial charge < -0.3 is 9.47 Å². The molecular weight excluding hydrogens is 306 g/mol. The fraction of sp³-hybridized carbons (Fsp3) is 0.333. The van der Waals surface area contributed by atoms with Crippen molar-refractivity contribution in [2.24, 2.45) is 0 Å². The molecule has 0 spiro atoms. The molecule has 0 unspecified atom stereocenters. The van der Waals surface area contributed by atoms with E-state index < -0.39 is 0 Å². The summed E-state index contributed by atoms with van der Waals surface area (Å²) in [5.41, 5.74) is 1.22. The Labute approximate surface area is 132 Å². The van der Waals surface area contributed by atoms with Gasteiger partial charge in [0.15, 0.2) is 0 Å². The van der Waals surface area contributed by atoms with Crippen molar-refractivity contribution in [3.8, 4) is 5.75 Å². The molecule has 1 heterocycles. The van der Waals surface area contributed by atoms with Crippen molar-refractivity contribution in [1.29, 1.82) is 0 Å². The molecule has 0 amide bonds. The SMILES string of the molecule is CCOC(=O)Cc1ncc(SCc2ccc(OC)cc2)s1. The van der Waals surface area contributed by atoms with Gasteiger partial charge in [-0.1, -0.05) is 12.1 Å². The predicted molar refractivity (Wildman–Crippen MR) is 85.0 cm³/mol. The lowest BCUT2D eigenvalue weighted by atomic mass is 10.2. The number of carbonyl (C=O) groups excluding carboxylic acids is 1. The molecule has 6 heteroatoms. The first-order valence-electron chi connectivity index (χ1n) is 6.57. The largest absolute Gasteiger partial charge is 0.497 e. The third-order valence-corrected chi connectivity index (χ3v) is 4.94. The quantitative estimate of drug-likeness (QED) is 0.576. The fourth-order valence-corrected chi connectivity index (χ4v) is 3.62. The van der Waals surface area contributed by atoms with Crippen LogP contribution in [0.1, 0.15) is 17.5 Å². The topological polar surface area (TPSA) is 48.4 Å². The number of benzene rings is 1. The summed E-state index contributed by atoms with van der Waals surface area (Å²) in [4.78, 5) is 15.6. The van der Waals surface area contributed by atoms with E-state index in [1.54, 1.807) is 37.1 Å². The van der Waals surface area contributed by atoms with E-state index in [0.717, 1.165) is 20.7 Å². The number of hydrogen-bond acceptors (Lipinski definition) is 6. The number of rotatable bonds is 7. The molecule has 0 saturated carbocycles. The first-order valence-corrected chi connectivity index (χ1v) is 8.37. The molecule has 0 N–H and O–H groups in total. The molecule has 0 atom stereocenters. The summed E-state index contributed by atoms with van der Waals surface area (Å²) in [6, 6.07) is 8.00. The lowest BCUT2D eigenvalue weighted by Crippen LogP contribution is -2.06. The van der Waals surface area contributed by atoms with Crippen LogP contribution in [0.15, 0.2) is 34.7 Å². The second kappa shape index (κ2) is 8.05. The van der Waals surface area contributed by atoms with Gasteiger partial charge in [-0.25, -0.2) is 4.98 Å². The summed E-state index contributed by atoms with van der Waals surface area (Å²) in [5, 5.41) is 0.797. The summed E-state index contributed by atoms with van der Waals surface area (Å²) in [5.74, 6) is 1.50. The molecule has 0 aliphatic rings. The van der Waals surface area contributed by atoms with E-state index in [2.05, 4.69) is 4.98 Å². The maximum atomic E-state index is 11.4. The lowest BCUT2D eigenvalue weighted by Gasteiger charge is -2.02. The van der Waals surface area contributed by atoms with Crippen LogP contribution in [0.4, 0.5) is 0 Å². The molecule has 1 aromatic heterocycles. The average molecular weight is 323 g/mol. The van der Waals surface area contributed by atoms with Crippen LogP contribution in [0.2, 0.25) is 0 Å². The molecule has 2 rings (SSSR count). The van der Waals surface area contributed by atoms with Gasteiger partial charge in [0.05, 0.1) is 30.5 Å². The first kappa shape index (κ1) is 15.9. The van der Waals surface area contributed by atoms with Gasteiger partial charge in [0.25, 0.3) is 0 Å². The first-order chi connectivity index (χ1) is 10.2. The van der Waals surface area contributed by atoms with Crippen molar-refractivity contribution in [3.05, 3.63) is 41.0 Å². The van der Waals surface area contributed by atoms with Crippen LogP contribution < -0.4 is 4.74 Å². The predicted octanol–water partition coefficient (Wildman–Crippen LogP) is 3.55. The zero-order chi connectivity index (χ0) is 15.1. The highest BCUT2D eigenvalue weighted by Crippen LogP contribution is 2.29. The summed E-state index contributed by atoms with van der Waals surface area (Å²) in [7, 11) is 1.66. The van der Waals surface area contributed by atoms with Crippen LogP contribution in [0.3, 0.4) is 0 Å². The van der Waals surface area contributed by atoms with Crippen molar-refractivity contribution in [3.63, 3.8) is 0 Å². The average Bonchev–Trinajstić information content (AvgIpc) is 2.93. The van der Waals surface area contributed by atoms with Gasteiger partial charge in [-0.05, 0) is 24.6 Å². The second-order valence-corrected chi connectivity index (χ2v) is 6.58. The van der Waals surface area contributed by atoms with Crippen molar-refractivity contribution in [1.82, 2.24) is 4.98 Å². The zero-order valence-electron chi connectivity index (χ0n) is 12.0. The van der Waals surface area contributed by atoms with Gasteiger partial charge >= 0.3 is 5.97 Å². The number of thioether (sulfide) groups is 1. The highest BCUT2D eigenvalue weighted by molar-refractivity contribution is 8.00. The summed E-state index contributed by atoms with van der Waals surface area (Å²) in [6.45, 7) is 2.21. The maximum Gasteiger partial charge on any atom is 0.312 e. The summed E-state index contributed by atoms with van der Waals surface area (Å²) >= 11 is 3.25. The Balaban J connectivity index is 1.85. The van der Waals surface area contributed by atoms with Gasteiger partial charge in [0.1, 0.15) is 10.8 Å². The van der Waals surface area contributed by atoms with Crippen LogP contribution in [-0.2, 0) is 21.7 Å². The molecule has 1 aromatic carbocycles. The van der Waals surface area contributed by atoms with Crippen LogP contribution in [0.25, 0.3) is 0 Å². The van der Waals surface area contributed by atoms with E-state index in [0.29, 0.717) is 6.61 Å². The molecule has 4 nitrogen and oxygen atoms in total. The minimum atomic E-state index is -0.224. The number of aromatic nitrogens is 1. The molecule has 112 valence electrons. The van der Waals surface area contributed by atoms with Crippen molar-refractivity contribution in [2.45, 2.75) is 23.3 Å². The molecule has 0 saturated heterocycles. The highest BCUT2D eigenvalue weighted by Gasteiger charge is 2.09. The normalized spacial score (nSPS) is 10.4. The third-order valence-electron chi connectivity index (χ3n) is 2.67. The van der Waals surface area contributed by atoms with Crippen molar-refractivity contribution < 1.29 is 14.3 Å². The third kappa shape index (κ3) is 5.06. The highest BCUT2D eigenvalue weighted by atomic mass is 32.2. The monoisotopic (exact) mass is 323 g/mol. The number of carbonyl (C=O) groups is 1. The molecule has 0 aliphatic heterocycles. The molecule has 21 heavy (non-hydrogen) atoms. The van der Waals surface area contributed by atoms with Gasteiger partial charge in [0, 0.05) is 5.75 Å². The van der Waals surface area contributed by atoms with Gasteiger partial charge in [0.2, 0.25) is 0 Å². The second-order valence-electron chi connectivity index (χ2n) is 4.19. The molecule has 0 bridgehead atoms. The van der Waals surface area contributed by atoms with E-state index in [1.165, 1.54) is 5.56 Å². The number of ether oxygens (including phenoxy) is 2. The molecular formula is C15H17NO3S2. The van der Waals surface area contributed by atoms with E-state index in [-0.39, 0.29) is 12.4 Å². The standard InChI is InChI=1S/C15H17NO3S2/c1-3-19-14(17)8-13-16-9-15(21-13)20-10-11-4-6-12(18-2)7-5-11/h4-7,9H,3,8,10H2,1-2H3. The molecule has 2 aromatic rings. The van der Waals surface area contributed by atoms with E-state index in [1.807, 2.05) is 30.5 Å². The molecule has 0 radical (unpaired) electrons. The minimum absolute atomic E-state index is 0.224. The molecule has 0 aliphatic carbocycles. The number of esters is 1. The van der Waals surface area contributed by atoms with Crippen molar-refractivity contribution >= 4 is 29.1 Å². The van der Waals surface area contributed by atoms with Gasteiger partial charge in [-0.15, -0.1) is 23.1 Å². The van der Waals surface area contributed by atoms with E-state index in [9.17, 15) is 4.79 Å². The minimum Gasteiger partial charge on any atom is -0.497 e. The van der Waals surface area contributed by atoms with Crippen LogP contribution in [0.5, 0.6) is 5.75 Å². The van der Waals surface area contributed by atoms with Gasteiger partial charge in [-0.2, -0.15) is 0 Å². The summed E-state index contributed by atoms with van der Waals surface area (Å²) < 4.78 is 11.2. The van der Waals surface area contributed by atoms with E-state index >= 15 is 0 Å². The number of methoxy groups -OCH3 is 1. The Morgan fingerprint density at radius 2 is 2.10 bits per heavy atom. The fourth-order valence-electron chi connectivity index (χ4n) is 1.65. The Morgan fingerprint density at radius 3 is 2.76 bits per heavy atom. The smallest absolute Gasteiger partial charge is 0.312 e. The Bertz CT molecular complexity index is 581. The Hall–Kier alpha value is -1.53. The van der Waals surface area contributed by atoms with E-state index in [4.69, 9.17) is 9.47 Å². The molecule has 0 fully saturated rings. The van der Waals surface area contributed by atoms with Crippen LogP contribution in [0, 0.1) is 0 Å². The Morgan fingerprint density at radius 1 is 1.33 bits per heavy atom. The van der Waals surface area contributed by atoms with Crippen molar-refractivity contribution in [2.75, 3.05) is 13.7 Å². The van der Waals surface area contributed by atoms with Crippen LogP contribution >= 0.6 is 23.1 Å².